The fourth-order valence-electron chi connectivity index (χ4n) is 4.97. The van der Waals surface area contributed by atoms with Gasteiger partial charge >= 0.3 is 5.69 Å². The van der Waals surface area contributed by atoms with Crippen LogP contribution in [0.5, 0.6) is 0 Å². The molecule has 0 unspecified atom stereocenters. The highest BCUT2D eigenvalue weighted by molar-refractivity contribution is 6.31. The molecule has 42 heavy (non-hydrogen) atoms. The van der Waals surface area contributed by atoms with E-state index in [1.165, 1.54) is 4.57 Å². The molecule has 4 rings (SSSR count). The third kappa shape index (κ3) is 7.76. The van der Waals surface area contributed by atoms with E-state index in [-0.39, 0.29) is 29.7 Å². The summed E-state index contributed by atoms with van der Waals surface area (Å²) in [6.07, 6.45) is 5.14. The number of aliphatic hydroxyl groups is 1. The number of rotatable bonds is 13. The van der Waals surface area contributed by atoms with Gasteiger partial charge in [0.05, 0.1) is 23.0 Å². The van der Waals surface area contributed by atoms with Gasteiger partial charge in [-0.15, -0.1) is 0 Å². The Kier molecular flexibility index (Phi) is 10.4. The third-order valence-electron chi connectivity index (χ3n) is 7.28. The van der Waals surface area contributed by atoms with E-state index in [0.29, 0.717) is 46.9 Å². The number of fused-ring (bicyclic) bond motifs is 1. The van der Waals surface area contributed by atoms with Gasteiger partial charge in [-0.3, -0.25) is 9.56 Å². The molecule has 0 fully saturated rings. The zero-order chi connectivity index (χ0) is 30.4. The lowest BCUT2D eigenvalue weighted by Gasteiger charge is -2.22. The van der Waals surface area contributed by atoms with Gasteiger partial charge in [-0.05, 0) is 73.6 Å². The molecule has 2 atom stereocenters. The number of nitrogens with one attached hydrogen (secondary N) is 2. The summed E-state index contributed by atoms with van der Waals surface area (Å²) in [6.45, 7) is 6.70. The van der Waals surface area contributed by atoms with Crippen LogP contribution in [0.15, 0.2) is 58.4 Å². The van der Waals surface area contributed by atoms with E-state index in [1.807, 2.05) is 37.3 Å². The Labute approximate surface area is 249 Å². The first kappa shape index (κ1) is 31.2. The summed E-state index contributed by atoms with van der Waals surface area (Å²) < 4.78 is 16.6. The van der Waals surface area contributed by atoms with Gasteiger partial charge in [-0.2, -0.15) is 4.98 Å². The van der Waals surface area contributed by atoms with Gasteiger partial charge in [0.25, 0.3) is 0 Å². The van der Waals surface area contributed by atoms with E-state index in [9.17, 15) is 9.90 Å². The first-order valence-corrected chi connectivity index (χ1v) is 14.6. The summed E-state index contributed by atoms with van der Waals surface area (Å²) in [7, 11) is 0. The molecule has 0 saturated carbocycles. The number of guanidine groups is 1. The van der Waals surface area contributed by atoms with Crippen LogP contribution in [0.2, 0.25) is 5.02 Å². The number of nitrogens with two attached hydrogens (primary N) is 2. The van der Waals surface area contributed by atoms with Crippen LogP contribution in [0.3, 0.4) is 0 Å². The molecule has 2 aromatic heterocycles. The standard InChI is InChI=1S/C31H39ClFN7O2/c1-18(2)5-4-6-20-13-25(28(33)26(32)14-20)27-15-22-16-40(31(42)39-29(22)38-27)24-9-7-21(8-10-24)19(3)37-23(17-41)11-12-36-30(34)35/h7-10,13-16,18-19,23,37,41H,4-6,11-12,17H2,1-3H3,(H4,34,35,36)(H,38,39,42)/t19-,23-/m0/s1. The highest BCUT2D eigenvalue weighted by atomic mass is 35.5. The van der Waals surface area contributed by atoms with Crippen LogP contribution in [0.4, 0.5) is 4.39 Å². The Morgan fingerprint density at radius 1 is 1.17 bits per heavy atom. The van der Waals surface area contributed by atoms with Crippen LogP contribution in [0.25, 0.3) is 28.0 Å². The Morgan fingerprint density at radius 3 is 2.57 bits per heavy atom. The first-order chi connectivity index (χ1) is 20.0. The van der Waals surface area contributed by atoms with E-state index in [2.05, 4.69) is 34.1 Å². The Balaban J connectivity index is 1.55. The van der Waals surface area contributed by atoms with Gasteiger partial charge in [0, 0.05) is 35.8 Å². The maximum atomic E-state index is 15.1. The molecule has 4 aromatic rings. The zero-order valence-corrected chi connectivity index (χ0v) is 25.0. The van der Waals surface area contributed by atoms with Gasteiger partial charge in [0.2, 0.25) is 0 Å². The SMILES string of the molecule is CC(C)CCCc1cc(Cl)c(F)c(-c2cc3cn(-c4ccc([C@H](C)N[C@H](CO)CCN=C(N)N)cc4)c(=O)nc3[nH]2)c1. The van der Waals surface area contributed by atoms with E-state index in [4.69, 9.17) is 23.1 Å². The van der Waals surface area contributed by atoms with Gasteiger partial charge in [0.1, 0.15) is 5.65 Å². The second kappa shape index (κ2) is 14.0. The smallest absolute Gasteiger partial charge is 0.354 e. The zero-order valence-electron chi connectivity index (χ0n) is 24.2. The Bertz CT molecular complexity index is 1590. The van der Waals surface area contributed by atoms with Crippen molar-refractivity contribution in [2.24, 2.45) is 22.4 Å². The number of aromatic amines is 1. The largest absolute Gasteiger partial charge is 0.395 e. The minimum absolute atomic E-state index is 0.0207. The molecule has 0 saturated heterocycles. The quantitative estimate of drug-likeness (QED) is 0.110. The molecule has 7 N–H and O–H groups in total. The van der Waals surface area contributed by atoms with E-state index < -0.39 is 11.5 Å². The van der Waals surface area contributed by atoms with Crippen molar-refractivity contribution in [3.63, 3.8) is 0 Å². The van der Waals surface area contributed by atoms with Crippen LogP contribution in [0.1, 0.15) is 57.2 Å². The maximum absolute atomic E-state index is 15.1. The summed E-state index contributed by atoms with van der Waals surface area (Å²) in [6, 6.07) is 12.5. The molecule has 0 aliphatic rings. The van der Waals surface area contributed by atoms with Crippen LogP contribution < -0.4 is 22.5 Å². The molecule has 11 heteroatoms. The molecule has 9 nitrogen and oxygen atoms in total. The average Bonchev–Trinajstić information content (AvgIpc) is 3.36. The fraction of sp³-hybridized carbons (Fsp3) is 0.387. The van der Waals surface area contributed by atoms with Crippen molar-refractivity contribution in [1.29, 1.82) is 0 Å². The molecular weight excluding hydrogens is 557 g/mol. The van der Waals surface area contributed by atoms with Crippen molar-refractivity contribution in [3.8, 4) is 16.9 Å². The number of halogens is 2. The monoisotopic (exact) mass is 595 g/mol. The predicted molar refractivity (Wildman–Crippen MR) is 168 cm³/mol. The molecule has 0 aliphatic carbocycles. The number of nitrogens with zero attached hydrogens (tertiary/aromatic N) is 3. The number of hydrogen-bond acceptors (Lipinski definition) is 5. The van der Waals surface area contributed by atoms with E-state index in [0.717, 1.165) is 30.4 Å². The van der Waals surface area contributed by atoms with Crippen molar-refractivity contribution in [2.45, 2.75) is 58.5 Å². The maximum Gasteiger partial charge on any atom is 0.354 e. The molecule has 0 amide bonds. The van der Waals surface area contributed by atoms with Crippen molar-refractivity contribution in [2.75, 3.05) is 13.2 Å². The van der Waals surface area contributed by atoms with Crippen molar-refractivity contribution >= 4 is 28.6 Å². The molecule has 0 aliphatic heterocycles. The minimum atomic E-state index is -0.510. The number of aromatic nitrogens is 3. The van der Waals surface area contributed by atoms with Crippen molar-refractivity contribution in [3.05, 3.63) is 81.1 Å². The molecular formula is C31H39ClFN7O2. The number of hydrogen-bond donors (Lipinski definition) is 5. The third-order valence-corrected chi connectivity index (χ3v) is 7.56. The number of aryl methyl sites for hydroxylation is 1. The second-order valence-electron chi connectivity index (χ2n) is 11.1. The summed E-state index contributed by atoms with van der Waals surface area (Å²) in [4.78, 5) is 24.2. The molecule has 2 aromatic carbocycles. The van der Waals surface area contributed by atoms with E-state index in [1.54, 1.807) is 18.3 Å². The van der Waals surface area contributed by atoms with Crippen LogP contribution in [-0.4, -0.2) is 44.8 Å². The Morgan fingerprint density at radius 2 is 1.90 bits per heavy atom. The lowest BCUT2D eigenvalue weighted by molar-refractivity contribution is 0.228. The topological polar surface area (TPSA) is 147 Å². The van der Waals surface area contributed by atoms with Crippen LogP contribution >= 0.6 is 11.6 Å². The second-order valence-corrected chi connectivity index (χ2v) is 11.5. The summed E-state index contributed by atoms with van der Waals surface area (Å²) in [5, 5.41) is 13.8. The molecule has 0 bridgehead atoms. The highest BCUT2D eigenvalue weighted by Gasteiger charge is 2.16. The molecule has 224 valence electrons. The van der Waals surface area contributed by atoms with Gasteiger partial charge in [-0.25, -0.2) is 9.18 Å². The summed E-state index contributed by atoms with van der Waals surface area (Å²) >= 11 is 6.25. The number of aliphatic hydroxyl groups excluding tert-OH is 1. The van der Waals surface area contributed by atoms with Crippen LogP contribution in [-0.2, 0) is 6.42 Å². The molecule has 0 radical (unpaired) electrons. The first-order valence-electron chi connectivity index (χ1n) is 14.2. The lowest BCUT2D eigenvalue weighted by atomic mass is 10.00. The van der Waals surface area contributed by atoms with Gasteiger partial charge in [0.15, 0.2) is 11.8 Å². The molecule has 0 spiro atoms. The van der Waals surface area contributed by atoms with Gasteiger partial charge in [-0.1, -0.05) is 44.0 Å². The van der Waals surface area contributed by atoms with Crippen molar-refractivity contribution in [1.82, 2.24) is 19.9 Å². The highest BCUT2D eigenvalue weighted by Crippen LogP contribution is 2.31. The Hall–Kier alpha value is -3.73. The number of H-pyrrole nitrogens is 1. The number of benzene rings is 2. The van der Waals surface area contributed by atoms with Crippen molar-refractivity contribution < 1.29 is 9.50 Å². The normalized spacial score (nSPS) is 13.0. The lowest BCUT2D eigenvalue weighted by Crippen LogP contribution is -2.35. The fourth-order valence-corrected chi connectivity index (χ4v) is 5.22. The van der Waals surface area contributed by atoms with Crippen LogP contribution in [0, 0.1) is 11.7 Å². The summed E-state index contributed by atoms with van der Waals surface area (Å²) in [5.74, 6) is 0.104. The average molecular weight is 596 g/mol. The number of aliphatic imine (C=N–C) groups is 1. The van der Waals surface area contributed by atoms with E-state index >= 15 is 4.39 Å². The summed E-state index contributed by atoms with van der Waals surface area (Å²) in [5.41, 5.74) is 14.1. The predicted octanol–water partition coefficient (Wildman–Crippen LogP) is 4.83. The van der Waals surface area contributed by atoms with Gasteiger partial charge < -0.3 is 26.9 Å². The molecule has 2 heterocycles. The minimum Gasteiger partial charge on any atom is -0.395 e.